The predicted molar refractivity (Wildman–Crippen MR) is 73.8 cm³/mol. The number of para-hydroxylation sites is 1. The lowest BCUT2D eigenvalue weighted by atomic mass is 10.1. The largest absolute Gasteiger partial charge is 0.493 e. The van der Waals surface area contributed by atoms with E-state index in [4.69, 9.17) is 14.2 Å². The maximum Gasteiger partial charge on any atom is 0.165 e. The third kappa shape index (κ3) is 4.70. The summed E-state index contributed by atoms with van der Waals surface area (Å²) >= 11 is 0. The van der Waals surface area contributed by atoms with E-state index in [9.17, 15) is 5.11 Å². The number of rotatable bonds is 9. The number of aliphatic hydroxyl groups is 1. The van der Waals surface area contributed by atoms with Gasteiger partial charge in [-0.3, -0.25) is 0 Å². The topological polar surface area (TPSA) is 60.0 Å². The minimum atomic E-state index is -0.0922. The Kier molecular flexibility index (Phi) is 7.25. The molecule has 0 radical (unpaired) electrons. The van der Waals surface area contributed by atoms with E-state index in [1.165, 1.54) is 0 Å². The van der Waals surface area contributed by atoms with Crippen molar-refractivity contribution in [2.24, 2.45) is 0 Å². The fourth-order valence-corrected chi connectivity index (χ4v) is 1.83. The molecule has 5 nitrogen and oxygen atoms in total. The summed E-state index contributed by atoms with van der Waals surface area (Å²) in [7, 11) is 3.24. The fourth-order valence-electron chi connectivity index (χ4n) is 1.83. The summed E-state index contributed by atoms with van der Waals surface area (Å²) < 4.78 is 15.9. The lowest BCUT2D eigenvalue weighted by Gasteiger charge is -2.18. The van der Waals surface area contributed by atoms with Crippen molar-refractivity contribution in [2.45, 2.75) is 19.5 Å². The lowest BCUT2D eigenvalue weighted by molar-refractivity contribution is 0.128. The van der Waals surface area contributed by atoms with Gasteiger partial charge in [-0.15, -0.1) is 0 Å². The van der Waals surface area contributed by atoms with Crippen molar-refractivity contribution in [3.63, 3.8) is 0 Å². The molecular formula is C14H23NO4. The molecule has 0 aliphatic carbocycles. The molecule has 0 amide bonds. The summed E-state index contributed by atoms with van der Waals surface area (Å²) in [5.74, 6) is 1.46. The highest BCUT2D eigenvalue weighted by molar-refractivity contribution is 5.46. The van der Waals surface area contributed by atoms with Gasteiger partial charge in [-0.1, -0.05) is 12.1 Å². The second kappa shape index (κ2) is 8.74. The Morgan fingerprint density at radius 2 is 2.11 bits per heavy atom. The standard InChI is InChI=1S/C14H23NO4/c1-4-19-13-7-5-6-11(14(13)18-3)8-15-12(9-16)10-17-2/h5-7,12,15-16H,4,8-10H2,1-3H3. The summed E-state index contributed by atoms with van der Waals surface area (Å²) in [5, 5.41) is 12.4. The summed E-state index contributed by atoms with van der Waals surface area (Å²) in [6.07, 6.45) is 0. The van der Waals surface area contributed by atoms with Crippen LogP contribution < -0.4 is 14.8 Å². The molecule has 0 saturated heterocycles. The van der Waals surface area contributed by atoms with E-state index < -0.39 is 0 Å². The third-order valence-corrected chi connectivity index (χ3v) is 2.73. The zero-order chi connectivity index (χ0) is 14.1. The van der Waals surface area contributed by atoms with Crippen LogP contribution in [0.5, 0.6) is 11.5 Å². The van der Waals surface area contributed by atoms with Gasteiger partial charge in [0.1, 0.15) is 0 Å². The van der Waals surface area contributed by atoms with Crippen LogP contribution in [0.1, 0.15) is 12.5 Å². The lowest BCUT2D eigenvalue weighted by Crippen LogP contribution is -2.36. The van der Waals surface area contributed by atoms with Crippen molar-refractivity contribution in [3.05, 3.63) is 23.8 Å². The number of benzene rings is 1. The maximum absolute atomic E-state index is 9.20. The molecule has 0 aromatic heterocycles. The summed E-state index contributed by atoms with van der Waals surface area (Å²) in [6.45, 7) is 3.60. The van der Waals surface area contributed by atoms with Crippen LogP contribution in [0.2, 0.25) is 0 Å². The minimum Gasteiger partial charge on any atom is -0.493 e. The number of nitrogens with one attached hydrogen (secondary N) is 1. The van der Waals surface area contributed by atoms with Gasteiger partial charge in [-0.2, -0.15) is 0 Å². The van der Waals surface area contributed by atoms with Gasteiger partial charge in [-0.25, -0.2) is 0 Å². The predicted octanol–water partition coefficient (Wildman–Crippen LogP) is 1.19. The zero-order valence-corrected chi connectivity index (χ0v) is 11.8. The highest BCUT2D eigenvalue weighted by Crippen LogP contribution is 2.30. The number of hydrogen-bond acceptors (Lipinski definition) is 5. The highest BCUT2D eigenvalue weighted by Gasteiger charge is 2.12. The van der Waals surface area contributed by atoms with Gasteiger partial charge in [-0.05, 0) is 13.0 Å². The van der Waals surface area contributed by atoms with Crippen LogP contribution in [0, 0.1) is 0 Å². The summed E-state index contributed by atoms with van der Waals surface area (Å²) in [5.41, 5.74) is 0.989. The van der Waals surface area contributed by atoms with Crippen molar-refractivity contribution < 1.29 is 19.3 Å². The van der Waals surface area contributed by atoms with E-state index in [1.54, 1.807) is 14.2 Å². The normalized spacial score (nSPS) is 12.2. The Morgan fingerprint density at radius 3 is 2.68 bits per heavy atom. The quantitative estimate of drug-likeness (QED) is 0.705. The van der Waals surface area contributed by atoms with Crippen molar-refractivity contribution >= 4 is 0 Å². The molecule has 0 heterocycles. The monoisotopic (exact) mass is 269 g/mol. The second-order valence-electron chi connectivity index (χ2n) is 4.10. The molecule has 0 spiro atoms. The second-order valence-corrected chi connectivity index (χ2v) is 4.10. The molecule has 19 heavy (non-hydrogen) atoms. The van der Waals surface area contributed by atoms with Gasteiger partial charge in [0.15, 0.2) is 11.5 Å². The van der Waals surface area contributed by atoms with Gasteiger partial charge in [0.25, 0.3) is 0 Å². The van der Waals surface area contributed by atoms with Gasteiger partial charge in [0.05, 0.1) is 33.0 Å². The van der Waals surface area contributed by atoms with Crippen LogP contribution in [0.25, 0.3) is 0 Å². The van der Waals surface area contributed by atoms with Gasteiger partial charge >= 0.3 is 0 Å². The van der Waals surface area contributed by atoms with Crippen LogP contribution in [0.15, 0.2) is 18.2 Å². The van der Waals surface area contributed by atoms with E-state index in [-0.39, 0.29) is 12.6 Å². The van der Waals surface area contributed by atoms with Crippen LogP contribution in [0.4, 0.5) is 0 Å². The van der Waals surface area contributed by atoms with Gasteiger partial charge in [0.2, 0.25) is 0 Å². The van der Waals surface area contributed by atoms with E-state index in [1.807, 2.05) is 25.1 Å². The molecule has 5 heteroatoms. The van der Waals surface area contributed by atoms with Gasteiger partial charge in [0, 0.05) is 19.2 Å². The molecule has 0 saturated carbocycles. The molecule has 0 fully saturated rings. The minimum absolute atomic E-state index is 0.0291. The van der Waals surface area contributed by atoms with Crippen LogP contribution >= 0.6 is 0 Å². The first-order valence-electron chi connectivity index (χ1n) is 6.38. The zero-order valence-electron chi connectivity index (χ0n) is 11.8. The first-order valence-corrected chi connectivity index (χ1v) is 6.38. The molecular weight excluding hydrogens is 246 g/mol. The molecule has 108 valence electrons. The van der Waals surface area contributed by atoms with Crippen molar-refractivity contribution in [3.8, 4) is 11.5 Å². The Bertz CT molecular complexity index is 370. The number of methoxy groups -OCH3 is 2. The highest BCUT2D eigenvalue weighted by atomic mass is 16.5. The number of hydrogen-bond donors (Lipinski definition) is 2. The Balaban J connectivity index is 2.74. The average molecular weight is 269 g/mol. The van der Waals surface area contributed by atoms with Crippen molar-refractivity contribution in [1.29, 1.82) is 0 Å². The van der Waals surface area contributed by atoms with Crippen molar-refractivity contribution in [2.75, 3.05) is 34.0 Å². The molecule has 0 aliphatic rings. The van der Waals surface area contributed by atoms with Crippen LogP contribution in [-0.2, 0) is 11.3 Å². The van der Waals surface area contributed by atoms with E-state index >= 15 is 0 Å². The van der Waals surface area contributed by atoms with Gasteiger partial charge < -0.3 is 24.6 Å². The Hall–Kier alpha value is -1.30. The Morgan fingerprint density at radius 1 is 1.32 bits per heavy atom. The molecule has 0 bridgehead atoms. The summed E-state index contributed by atoms with van der Waals surface area (Å²) in [6, 6.07) is 5.68. The SMILES string of the molecule is CCOc1cccc(CNC(CO)COC)c1OC. The van der Waals surface area contributed by atoms with Crippen LogP contribution in [-0.4, -0.2) is 45.2 Å². The molecule has 0 aliphatic heterocycles. The van der Waals surface area contributed by atoms with Crippen molar-refractivity contribution in [1.82, 2.24) is 5.32 Å². The Labute approximate surface area is 114 Å². The first kappa shape index (κ1) is 15.8. The van der Waals surface area contributed by atoms with E-state index in [2.05, 4.69) is 5.32 Å². The molecule has 1 unspecified atom stereocenters. The number of aliphatic hydroxyl groups excluding tert-OH is 1. The average Bonchev–Trinajstić information content (AvgIpc) is 2.44. The smallest absolute Gasteiger partial charge is 0.165 e. The van der Waals surface area contributed by atoms with E-state index in [0.717, 1.165) is 17.1 Å². The first-order chi connectivity index (χ1) is 9.26. The molecule has 1 aromatic rings. The summed E-state index contributed by atoms with van der Waals surface area (Å²) in [4.78, 5) is 0. The maximum atomic E-state index is 9.20. The molecule has 1 atom stereocenters. The molecule has 1 aromatic carbocycles. The van der Waals surface area contributed by atoms with Crippen LogP contribution in [0.3, 0.4) is 0 Å². The molecule has 2 N–H and O–H groups in total. The third-order valence-electron chi connectivity index (χ3n) is 2.73. The fraction of sp³-hybridized carbons (Fsp3) is 0.571. The molecule has 1 rings (SSSR count). The van der Waals surface area contributed by atoms with E-state index in [0.29, 0.717) is 19.8 Å². The number of ether oxygens (including phenoxy) is 3.